The van der Waals surface area contributed by atoms with E-state index in [-0.39, 0.29) is 29.5 Å². The van der Waals surface area contributed by atoms with Gasteiger partial charge in [-0.3, -0.25) is 9.69 Å². The Morgan fingerprint density at radius 2 is 1.78 bits per heavy atom. The van der Waals surface area contributed by atoms with E-state index in [4.69, 9.17) is 4.74 Å². The van der Waals surface area contributed by atoms with Gasteiger partial charge >= 0.3 is 5.82 Å². The van der Waals surface area contributed by atoms with Crippen LogP contribution in [0.3, 0.4) is 0 Å². The first-order chi connectivity index (χ1) is 12.5. The molecule has 0 N–H and O–H groups in total. The Hall–Kier alpha value is -2.96. The number of pyridine rings is 1. The molecule has 2 aromatic rings. The molecule has 0 unspecified atom stereocenters. The van der Waals surface area contributed by atoms with Crippen LogP contribution < -0.4 is 9.64 Å². The molecule has 1 aliphatic rings. The van der Waals surface area contributed by atoms with E-state index in [0.717, 1.165) is 5.56 Å². The second-order valence-corrected chi connectivity index (χ2v) is 8.20. The van der Waals surface area contributed by atoms with E-state index in [9.17, 15) is 14.9 Å². The predicted molar refractivity (Wildman–Crippen MR) is 102 cm³/mol. The van der Waals surface area contributed by atoms with E-state index in [0.29, 0.717) is 5.75 Å². The Balaban J connectivity index is 1.99. The largest absolute Gasteiger partial charge is 0.472 e. The number of hydrogen-bond acceptors (Lipinski definition) is 5. The van der Waals surface area contributed by atoms with Crippen LogP contribution in [-0.2, 0) is 16.8 Å². The van der Waals surface area contributed by atoms with Crippen molar-refractivity contribution >= 4 is 17.5 Å². The summed E-state index contributed by atoms with van der Waals surface area (Å²) < 4.78 is 5.72. The highest BCUT2D eigenvalue weighted by Crippen LogP contribution is 2.38. The third kappa shape index (κ3) is 3.63. The fraction of sp³-hybridized carbons (Fsp3) is 0.400. The van der Waals surface area contributed by atoms with E-state index >= 15 is 0 Å². The van der Waals surface area contributed by atoms with Gasteiger partial charge in [-0.25, -0.2) is 0 Å². The number of anilines is 1. The van der Waals surface area contributed by atoms with Gasteiger partial charge in [0.1, 0.15) is 0 Å². The summed E-state index contributed by atoms with van der Waals surface area (Å²) in [5.74, 6) is -0.0780. The van der Waals surface area contributed by atoms with E-state index in [1.54, 1.807) is 13.8 Å². The number of amides is 1. The lowest BCUT2D eigenvalue weighted by Gasteiger charge is -2.36. The molecule has 0 bridgehead atoms. The van der Waals surface area contributed by atoms with Gasteiger partial charge in [0.2, 0.25) is 0 Å². The molecular formula is C20H23N3O4. The first-order valence-electron chi connectivity index (χ1n) is 8.75. The lowest BCUT2D eigenvalue weighted by atomic mass is 9.86. The van der Waals surface area contributed by atoms with Gasteiger partial charge in [0.25, 0.3) is 11.7 Å². The third-order valence-electron chi connectivity index (χ3n) is 4.55. The van der Waals surface area contributed by atoms with Gasteiger partial charge in [0.15, 0.2) is 11.4 Å². The van der Waals surface area contributed by atoms with Gasteiger partial charge in [-0.2, -0.15) is 0 Å². The minimum atomic E-state index is -1.07. The fourth-order valence-corrected chi connectivity index (χ4v) is 2.98. The second kappa shape index (κ2) is 6.33. The Labute approximate surface area is 158 Å². The van der Waals surface area contributed by atoms with Crippen molar-refractivity contribution < 1.29 is 14.5 Å². The molecule has 1 amide bonds. The van der Waals surface area contributed by atoms with Gasteiger partial charge in [-0.1, -0.05) is 45.0 Å². The van der Waals surface area contributed by atoms with Crippen molar-refractivity contribution in [2.24, 2.45) is 0 Å². The van der Waals surface area contributed by atoms with E-state index in [1.165, 1.54) is 22.6 Å². The number of benzene rings is 1. The third-order valence-corrected chi connectivity index (χ3v) is 4.55. The Morgan fingerprint density at radius 1 is 1.15 bits per heavy atom. The summed E-state index contributed by atoms with van der Waals surface area (Å²) >= 11 is 0. The van der Waals surface area contributed by atoms with Crippen molar-refractivity contribution in [1.82, 2.24) is 4.98 Å². The maximum atomic E-state index is 12.9. The van der Waals surface area contributed by atoms with Crippen molar-refractivity contribution in [2.75, 3.05) is 4.90 Å². The molecule has 0 atom stereocenters. The molecule has 0 saturated carbocycles. The smallest absolute Gasteiger partial charge is 0.366 e. The van der Waals surface area contributed by atoms with Gasteiger partial charge < -0.3 is 14.9 Å². The van der Waals surface area contributed by atoms with Gasteiger partial charge in [-0.15, -0.1) is 0 Å². The molecule has 0 radical (unpaired) electrons. The zero-order valence-corrected chi connectivity index (χ0v) is 16.1. The average molecular weight is 369 g/mol. The average Bonchev–Trinajstić information content (AvgIpc) is 2.58. The van der Waals surface area contributed by atoms with Crippen LogP contribution in [0.15, 0.2) is 36.4 Å². The number of ether oxygens (including phenoxy) is 1. The van der Waals surface area contributed by atoms with Gasteiger partial charge in [0, 0.05) is 6.07 Å². The highest BCUT2D eigenvalue weighted by molar-refractivity contribution is 6.01. The van der Waals surface area contributed by atoms with Crippen LogP contribution in [0.2, 0.25) is 0 Å². The molecule has 0 spiro atoms. The molecule has 7 nitrogen and oxygen atoms in total. The SMILES string of the molecule is CC1(C)Oc2ccc([N+](=O)[O-])nc2N(Cc2ccc(C(C)(C)C)cc2)C1=O. The lowest BCUT2D eigenvalue weighted by Crippen LogP contribution is -2.52. The lowest BCUT2D eigenvalue weighted by molar-refractivity contribution is -0.389. The molecule has 0 saturated heterocycles. The zero-order chi connectivity index (χ0) is 20.0. The summed E-state index contributed by atoms with van der Waals surface area (Å²) in [5.41, 5.74) is 1.06. The van der Waals surface area contributed by atoms with Crippen LogP contribution in [-0.4, -0.2) is 21.4 Å². The summed E-state index contributed by atoms with van der Waals surface area (Å²) in [6.07, 6.45) is 0. The second-order valence-electron chi connectivity index (χ2n) is 8.20. The van der Waals surface area contributed by atoms with Crippen LogP contribution in [0.4, 0.5) is 11.6 Å². The minimum absolute atomic E-state index is 0.0318. The Kier molecular flexibility index (Phi) is 4.41. The van der Waals surface area contributed by atoms with Crippen LogP contribution in [0.5, 0.6) is 5.75 Å². The summed E-state index contributed by atoms with van der Waals surface area (Å²) in [5, 5.41) is 11.1. The number of fused-ring (bicyclic) bond motifs is 1. The monoisotopic (exact) mass is 369 g/mol. The number of rotatable bonds is 3. The van der Waals surface area contributed by atoms with Crippen LogP contribution in [0, 0.1) is 10.1 Å². The molecule has 3 rings (SSSR count). The number of nitro groups is 1. The van der Waals surface area contributed by atoms with Crippen molar-refractivity contribution in [1.29, 1.82) is 0 Å². The van der Waals surface area contributed by atoms with E-state index in [2.05, 4.69) is 25.8 Å². The summed E-state index contributed by atoms with van der Waals surface area (Å²) in [7, 11) is 0. The first kappa shape index (κ1) is 18.8. The molecule has 142 valence electrons. The maximum absolute atomic E-state index is 12.9. The topological polar surface area (TPSA) is 85.6 Å². The van der Waals surface area contributed by atoms with E-state index < -0.39 is 10.5 Å². The van der Waals surface area contributed by atoms with Crippen LogP contribution in [0.25, 0.3) is 0 Å². The standard InChI is InChI=1S/C20H23N3O4/c1-19(2,3)14-8-6-13(7-9-14)12-22-17-15(27-20(4,5)18(22)24)10-11-16(21-17)23(25)26/h6-11H,12H2,1-5H3. The molecule has 1 aromatic heterocycles. The number of carbonyl (C=O) groups is 1. The first-order valence-corrected chi connectivity index (χ1v) is 8.75. The summed E-state index contributed by atoms with van der Waals surface area (Å²) in [6, 6.07) is 10.8. The van der Waals surface area contributed by atoms with Gasteiger partial charge in [-0.05, 0) is 46.4 Å². The molecule has 0 aliphatic carbocycles. The van der Waals surface area contributed by atoms with Crippen molar-refractivity contribution in [3.63, 3.8) is 0 Å². The number of nitrogens with zero attached hydrogens (tertiary/aromatic N) is 3. The molecule has 0 fully saturated rings. The highest BCUT2D eigenvalue weighted by Gasteiger charge is 2.44. The van der Waals surface area contributed by atoms with Crippen molar-refractivity contribution in [3.8, 4) is 5.75 Å². The van der Waals surface area contributed by atoms with Crippen LogP contribution >= 0.6 is 0 Å². The Bertz CT molecular complexity index is 898. The summed E-state index contributed by atoms with van der Waals surface area (Å²) in [6.45, 7) is 10.0. The molecule has 27 heavy (non-hydrogen) atoms. The highest BCUT2D eigenvalue weighted by atomic mass is 16.6. The maximum Gasteiger partial charge on any atom is 0.366 e. The normalized spacial score (nSPS) is 15.9. The van der Waals surface area contributed by atoms with Crippen LogP contribution in [0.1, 0.15) is 45.7 Å². The summed E-state index contributed by atoms with van der Waals surface area (Å²) in [4.78, 5) is 28.9. The molecule has 2 heterocycles. The molecule has 7 heteroatoms. The number of hydrogen-bond donors (Lipinski definition) is 0. The van der Waals surface area contributed by atoms with Gasteiger partial charge in [0.05, 0.1) is 6.54 Å². The molecule has 1 aromatic carbocycles. The number of carbonyl (C=O) groups excluding carboxylic acids is 1. The van der Waals surface area contributed by atoms with E-state index in [1.807, 2.05) is 24.3 Å². The molecule has 1 aliphatic heterocycles. The molecular weight excluding hydrogens is 346 g/mol. The predicted octanol–water partition coefficient (Wildman–Crippen LogP) is 3.99. The Morgan fingerprint density at radius 3 is 2.33 bits per heavy atom. The quantitative estimate of drug-likeness (QED) is 0.603. The van der Waals surface area contributed by atoms with Crippen molar-refractivity contribution in [2.45, 2.75) is 52.2 Å². The zero-order valence-electron chi connectivity index (χ0n) is 16.1. The van der Waals surface area contributed by atoms with Crippen molar-refractivity contribution in [3.05, 3.63) is 57.6 Å². The fourth-order valence-electron chi connectivity index (χ4n) is 2.98. The minimum Gasteiger partial charge on any atom is -0.472 e. The number of aromatic nitrogens is 1.